The molecule has 1 aromatic heterocycles. The Kier molecular flexibility index (Phi) is 4.87. The third-order valence-corrected chi connectivity index (χ3v) is 4.80. The van der Waals surface area contributed by atoms with Gasteiger partial charge in [-0.2, -0.15) is 0 Å². The normalized spacial score (nSPS) is 10.6. The zero-order valence-electron chi connectivity index (χ0n) is 15.0. The molecule has 5 aromatic rings. The van der Waals surface area contributed by atoms with Crippen molar-refractivity contribution < 1.29 is 17.1 Å². The minimum atomic E-state index is 0. The molecule has 0 fully saturated rings. The molecule has 4 nitrogen and oxygen atoms in total. The number of hydrogen-bond donors (Lipinski definition) is 1. The Morgan fingerprint density at radius 3 is 2.00 bits per heavy atom. The summed E-state index contributed by atoms with van der Waals surface area (Å²) < 4.78 is 1.85. The van der Waals surface area contributed by atoms with Gasteiger partial charge in [-0.15, -0.1) is 4.68 Å². The summed E-state index contributed by atoms with van der Waals surface area (Å²) in [5.74, 6) is 0. The molecule has 0 spiro atoms. The largest absolute Gasteiger partial charge is 1.00 e. The van der Waals surface area contributed by atoms with E-state index in [4.69, 9.17) is 0 Å². The first-order chi connectivity index (χ1) is 13.4. The number of benzene rings is 4. The van der Waals surface area contributed by atoms with Crippen molar-refractivity contribution in [1.29, 1.82) is 0 Å². The number of aromatic nitrogens is 4. The average molecular weight is 385 g/mol. The van der Waals surface area contributed by atoms with Gasteiger partial charge in [0.25, 0.3) is 6.33 Å². The molecule has 1 N–H and O–H groups in total. The van der Waals surface area contributed by atoms with Crippen LogP contribution in [0, 0.1) is 0 Å². The van der Waals surface area contributed by atoms with E-state index in [-0.39, 0.29) is 12.4 Å². The van der Waals surface area contributed by atoms with Gasteiger partial charge in [-0.3, -0.25) is 0 Å². The van der Waals surface area contributed by atoms with Crippen LogP contribution >= 0.6 is 0 Å². The molecular formula is C23H17ClN4. The highest BCUT2D eigenvalue weighted by Gasteiger charge is 2.15. The van der Waals surface area contributed by atoms with E-state index in [2.05, 4.69) is 94.4 Å². The molecule has 28 heavy (non-hydrogen) atoms. The van der Waals surface area contributed by atoms with Crippen LogP contribution in [0.5, 0.6) is 0 Å². The van der Waals surface area contributed by atoms with Crippen molar-refractivity contribution in [1.82, 2.24) is 15.5 Å². The van der Waals surface area contributed by atoms with Crippen molar-refractivity contribution in [3.05, 3.63) is 97.3 Å². The summed E-state index contributed by atoms with van der Waals surface area (Å²) >= 11 is 0. The fourth-order valence-corrected chi connectivity index (χ4v) is 3.52. The Labute approximate surface area is 168 Å². The van der Waals surface area contributed by atoms with E-state index in [0.717, 1.165) is 16.8 Å². The molecular weight excluding hydrogens is 368 g/mol. The van der Waals surface area contributed by atoms with Gasteiger partial charge < -0.3 is 12.4 Å². The minimum absolute atomic E-state index is 0. The predicted octanol–water partition coefficient (Wildman–Crippen LogP) is 1.57. The number of aromatic amines is 1. The van der Waals surface area contributed by atoms with E-state index in [9.17, 15) is 0 Å². The Hall–Kier alpha value is -3.50. The molecule has 0 bridgehead atoms. The first kappa shape index (κ1) is 17.9. The standard InChI is InChI=1S/C23H16N4.ClH/c1-3-8-17(9-4-1)20-13-7-12-19-14-22(18-10-5-2-6-11-18)23(15-21(19)20)27-16-24-25-26-27;/h1-16H;1H. The summed E-state index contributed by atoms with van der Waals surface area (Å²) in [6, 6.07) is 31.7. The summed E-state index contributed by atoms with van der Waals surface area (Å²) in [6.07, 6.45) is 1.69. The summed E-state index contributed by atoms with van der Waals surface area (Å²) in [4.78, 5) is 0. The molecule has 0 amide bonds. The molecule has 0 saturated heterocycles. The van der Waals surface area contributed by atoms with Gasteiger partial charge in [0.15, 0.2) is 5.21 Å². The van der Waals surface area contributed by atoms with Crippen molar-refractivity contribution >= 4 is 10.8 Å². The van der Waals surface area contributed by atoms with Crippen LogP contribution in [0.1, 0.15) is 0 Å². The molecule has 0 saturated carbocycles. The lowest BCUT2D eigenvalue weighted by molar-refractivity contribution is -0.659. The molecule has 0 aliphatic carbocycles. The smallest absolute Gasteiger partial charge is 0.293 e. The maximum absolute atomic E-state index is 3.95. The van der Waals surface area contributed by atoms with Gasteiger partial charge in [0.2, 0.25) is 0 Å². The van der Waals surface area contributed by atoms with Gasteiger partial charge in [-0.1, -0.05) is 84.1 Å². The number of nitrogens with one attached hydrogen (secondary N) is 1. The van der Waals surface area contributed by atoms with Crippen LogP contribution in [0.25, 0.3) is 38.7 Å². The minimum Gasteiger partial charge on any atom is -1.00 e. The second kappa shape index (κ2) is 7.62. The zero-order valence-corrected chi connectivity index (χ0v) is 15.7. The summed E-state index contributed by atoms with van der Waals surface area (Å²) in [6.45, 7) is 0. The quantitative estimate of drug-likeness (QED) is 0.480. The number of nitrogens with zero attached hydrogens (tertiary/aromatic N) is 3. The summed E-state index contributed by atoms with van der Waals surface area (Å²) in [5, 5.41) is 13.2. The fourth-order valence-electron chi connectivity index (χ4n) is 3.52. The Balaban J connectivity index is 0.00000192. The van der Waals surface area contributed by atoms with Crippen molar-refractivity contribution in [2.45, 2.75) is 0 Å². The third kappa shape index (κ3) is 3.15. The molecule has 1 heterocycles. The van der Waals surface area contributed by atoms with Crippen molar-refractivity contribution in [2.75, 3.05) is 0 Å². The van der Waals surface area contributed by atoms with Gasteiger partial charge in [-0.25, -0.2) is 0 Å². The van der Waals surface area contributed by atoms with E-state index in [1.165, 1.54) is 21.9 Å². The number of rotatable bonds is 3. The molecule has 0 aliphatic rings. The van der Waals surface area contributed by atoms with Crippen molar-refractivity contribution in [2.24, 2.45) is 0 Å². The van der Waals surface area contributed by atoms with Gasteiger partial charge in [0, 0.05) is 5.56 Å². The van der Waals surface area contributed by atoms with E-state index in [1.807, 2.05) is 16.8 Å². The van der Waals surface area contributed by atoms with Crippen LogP contribution in [0.2, 0.25) is 0 Å². The van der Waals surface area contributed by atoms with Crippen molar-refractivity contribution in [3.63, 3.8) is 0 Å². The monoisotopic (exact) mass is 384 g/mol. The average Bonchev–Trinajstić information content (AvgIpc) is 3.28. The number of H-pyrrole nitrogens is 1. The molecule has 5 heteroatoms. The van der Waals surface area contributed by atoms with E-state index in [1.54, 1.807) is 6.33 Å². The maximum Gasteiger partial charge on any atom is 0.293 e. The summed E-state index contributed by atoms with van der Waals surface area (Å²) in [5.41, 5.74) is 5.71. The number of hydrogen-bond acceptors (Lipinski definition) is 2. The van der Waals surface area contributed by atoms with Crippen LogP contribution in [0.15, 0.2) is 97.3 Å². The lowest BCUT2D eigenvalue weighted by Crippen LogP contribution is -3.00. The van der Waals surface area contributed by atoms with Crippen LogP contribution in [0.4, 0.5) is 0 Å². The fraction of sp³-hybridized carbons (Fsp3) is 0. The lowest BCUT2D eigenvalue weighted by Gasteiger charge is -2.12. The van der Waals surface area contributed by atoms with Gasteiger partial charge in [-0.05, 0) is 39.6 Å². The topological polar surface area (TPSA) is 45.5 Å². The number of fused-ring (bicyclic) bond motifs is 1. The van der Waals surface area contributed by atoms with Crippen LogP contribution < -0.4 is 17.1 Å². The maximum atomic E-state index is 3.95. The van der Waals surface area contributed by atoms with E-state index in [0.29, 0.717) is 0 Å². The molecule has 0 radical (unpaired) electrons. The van der Waals surface area contributed by atoms with E-state index < -0.39 is 0 Å². The second-order valence-corrected chi connectivity index (χ2v) is 6.43. The summed E-state index contributed by atoms with van der Waals surface area (Å²) in [7, 11) is 0. The van der Waals surface area contributed by atoms with Gasteiger partial charge in [0.1, 0.15) is 10.8 Å². The third-order valence-electron chi connectivity index (χ3n) is 4.80. The predicted molar refractivity (Wildman–Crippen MR) is 106 cm³/mol. The van der Waals surface area contributed by atoms with Crippen LogP contribution in [-0.2, 0) is 0 Å². The van der Waals surface area contributed by atoms with E-state index >= 15 is 0 Å². The Morgan fingerprint density at radius 1 is 0.679 bits per heavy atom. The number of halogens is 1. The molecule has 0 atom stereocenters. The first-order valence-corrected chi connectivity index (χ1v) is 8.86. The Bertz CT molecular complexity index is 1200. The molecule has 4 aromatic carbocycles. The first-order valence-electron chi connectivity index (χ1n) is 8.86. The Morgan fingerprint density at radius 2 is 1.36 bits per heavy atom. The molecule has 5 rings (SSSR count). The van der Waals surface area contributed by atoms with Gasteiger partial charge in [0.05, 0.1) is 0 Å². The zero-order chi connectivity index (χ0) is 18.1. The molecule has 0 aliphatic heterocycles. The molecule has 136 valence electrons. The van der Waals surface area contributed by atoms with Crippen molar-refractivity contribution in [3.8, 4) is 27.9 Å². The SMILES string of the molecule is [Cl-].c1ccc(-c2cc3cccc(-c4ccccc4)c3cc2-[n+]2cnn[nH]2)cc1. The highest BCUT2D eigenvalue weighted by molar-refractivity contribution is 6.00. The highest BCUT2D eigenvalue weighted by atomic mass is 35.5. The second-order valence-electron chi connectivity index (χ2n) is 6.43. The van der Waals surface area contributed by atoms with Crippen LogP contribution in [-0.4, -0.2) is 15.5 Å². The van der Waals surface area contributed by atoms with Crippen LogP contribution in [0.3, 0.4) is 0 Å². The molecule has 0 unspecified atom stereocenters. The highest BCUT2D eigenvalue weighted by Crippen LogP contribution is 2.34. The van der Waals surface area contributed by atoms with Gasteiger partial charge >= 0.3 is 0 Å². The number of tetrazole rings is 1. The lowest BCUT2D eigenvalue weighted by atomic mass is 9.94.